The van der Waals surface area contributed by atoms with Crippen molar-refractivity contribution in [3.63, 3.8) is 0 Å². The van der Waals surface area contributed by atoms with Crippen molar-refractivity contribution in [1.29, 1.82) is 0 Å². The Morgan fingerprint density at radius 2 is 1.94 bits per heavy atom. The molecule has 1 aliphatic rings. The average molecular weight is 223 g/mol. The average Bonchev–Trinajstić information content (AvgIpc) is 3.05. The number of fused-ring (bicyclic) bond motifs is 1. The third-order valence-corrected chi connectivity index (χ3v) is 2.36. The van der Waals surface area contributed by atoms with E-state index >= 15 is 0 Å². The van der Waals surface area contributed by atoms with Crippen molar-refractivity contribution in [3.05, 3.63) is 35.4 Å². The minimum Gasteiger partial charge on any atom is -0.480 e. The third kappa shape index (κ3) is 4.42. The van der Waals surface area contributed by atoms with Gasteiger partial charge in [0.15, 0.2) is 0 Å². The molecular formula is C12H17NO3. The van der Waals surface area contributed by atoms with Crippen LogP contribution in [0.2, 0.25) is 0 Å². The number of nitrogens with two attached hydrogens (primary N) is 1. The summed E-state index contributed by atoms with van der Waals surface area (Å²) in [5.41, 5.74) is 8.15. The number of aliphatic hydroxyl groups excluding tert-OH is 1. The van der Waals surface area contributed by atoms with Gasteiger partial charge in [0.2, 0.25) is 0 Å². The molecule has 0 aliphatic heterocycles. The van der Waals surface area contributed by atoms with E-state index in [4.69, 9.17) is 15.9 Å². The van der Waals surface area contributed by atoms with Gasteiger partial charge in [-0.1, -0.05) is 24.3 Å². The molecule has 1 unspecified atom stereocenters. The monoisotopic (exact) mass is 223 g/mol. The molecule has 0 bridgehead atoms. The van der Waals surface area contributed by atoms with Gasteiger partial charge >= 0.3 is 5.97 Å². The molecule has 88 valence electrons. The first-order chi connectivity index (χ1) is 7.65. The molecule has 1 aromatic rings. The lowest BCUT2D eigenvalue weighted by molar-refractivity contribution is -0.138. The van der Waals surface area contributed by atoms with Crippen molar-refractivity contribution in [2.24, 2.45) is 5.73 Å². The highest BCUT2D eigenvalue weighted by molar-refractivity contribution is 5.72. The molecule has 4 heteroatoms. The van der Waals surface area contributed by atoms with Gasteiger partial charge in [-0.3, -0.25) is 4.79 Å². The van der Waals surface area contributed by atoms with Crippen LogP contribution in [0.3, 0.4) is 0 Å². The van der Waals surface area contributed by atoms with E-state index in [1.807, 2.05) is 0 Å². The van der Waals surface area contributed by atoms with Gasteiger partial charge in [0.25, 0.3) is 0 Å². The van der Waals surface area contributed by atoms with E-state index in [2.05, 4.69) is 24.3 Å². The molecular weight excluding hydrogens is 206 g/mol. The van der Waals surface area contributed by atoms with Gasteiger partial charge in [-0.15, -0.1) is 0 Å². The van der Waals surface area contributed by atoms with Crippen LogP contribution in [0.5, 0.6) is 0 Å². The molecule has 0 fully saturated rings. The highest BCUT2D eigenvalue weighted by Gasteiger charge is 2.12. The van der Waals surface area contributed by atoms with Gasteiger partial charge in [0.1, 0.15) is 6.04 Å². The van der Waals surface area contributed by atoms with Crippen molar-refractivity contribution in [1.82, 2.24) is 0 Å². The minimum atomic E-state index is -1.01. The SMILES string of the molecule is NC(CCCO)C(=O)O.c1ccc2c(c1)C2. The molecule has 4 N–H and O–H groups in total. The molecule has 0 heterocycles. The van der Waals surface area contributed by atoms with E-state index in [1.54, 1.807) is 0 Å². The Morgan fingerprint density at radius 3 is 2.31 bits per heavy atom. The van der Waals surface area contributed by atoms with E-state index in [9.17, 15) is 4.79 Å². The summed E-state index contributed by atoms with van der Waals surface area (Å²) < 4.78 is 0. The second-order valence-electron chi connectivity index (χ2n) is 3.76. The van der Waals surface area contributed by atoms with E-state index in [0.717, 1.165) is 0 Å². The highest BCUT2D eigenvalue weighted by atomic mass is 16.4. The van der Waals surface area contributed by atoms with Crippen LogP contribution in [0.15, 0.2) is 24.3 Å². The molecule has 0 radical (unpaired) electrons. The van der Waals surface area contributed by atoms with Crippen LogP contribution in [-0.2, 0) is 11.2 Å². The zero-order valence-corrected chi connectivity index (χ0v) is 9.10. The zero-order valence-electron chi connectivity index (χ0n) is 9.10. The zero-order chi connectivity index (χ0) is 12.0. The lowest BCUT2D eigenvalue weighted by Crippen LogP contribution is -2.29. The predicted molar refractivity (Wildman–Crippen MR) is 61.2 cm³/mol. The number of carboxylic acids is 1. The number of benzene rings is 1. The van der Waals surface area contributed by atoms with Gasteiger partial charge < -0.3 is 15.9 Å². The molecule has 1 aromatic carbocycles. The molecule has 4 nitrogen and oxygen atoms in total. The fourth-order valence-corrected chi connectivity index (χ4v) is 1.27. The van der Waals surface area contributed by atoms with Gasteiger partial charge in [-0.05, 0) is 30.4 Å². The van der Waals surface area contributed by atoms with Gasteiger partial charge in [0.05, 0.1) is 0 Å². The number of aliphatic carboxylic acids is 1. The molecule has 0 aromatic heterocycles. The lowest BCUT2D eigenvalue weighted by Gasteiger charge is -2.02. The third-order valence-electron chi connectivity index (χ3n) is 2.36. The Bertz CT molecular complexity index is 331. The van der Waals surface area contributed by atoms with Crippen LogP contribution in [0.25, 0.3) is 0 Å². The first-order valence-corrected chi connectivity index (χ1v) is 5.31. The summed E-state index contributed by atoms with van der Waals surface area (Å²) in [6.45, 7) is 0.000972. The fourth-order valence-electron chi connectivity index (χ4n) is 1.27. The van der Waals surface area contributed by atoms with Gasteiger partial charge in [-0.2, -0.15) is 0 Å². The summed E-state index contributed by atoms with van der Waals surface area (Å²) in [5, 5.41) is 16.5. The summed E-state index contributed by atoms with van der Waals surface area (Å²) in [6.07, 6.45) is 2.03. The Hall–Kier alpha value is -1.39. The Labute approximate surface area is 94.7 Å². The van der Waals surface area contributed by atoms with Crippen molar-refractivity contribution < 1.29 is 15.0 Å². The molecule has 2 rings (SSSR count). The van der Waals surface area contributed by atoms with Crippen LogP contribution >= 0.6 is 0 Å². The lowest BCUT2D eigenvalue weighted by atomic mass is 10.2. The summed E-state index contributed by atoms with van der Waals surface area (Å²) >= 11 is 0. The van der Waals surface area contributed by atoms with E-state index in [1.165, 1.54) is 17.5 Å². The Balaban J connectivity index is 0.000000163. The van der Waals surface area contributed by atoms with E-state index in [-0.39, 0.29) is 6.61 Å². The summed E-state index contributed by atoms with van der Waals surface area (Å²) in [5.74, 6) is -1.01. The topological polar surface area (TPSA) is 83.5 Å². The molecule has 0 saturated carbocycles. The van der Waals surface area contributed by atoms with E-state index < -0.39 is 12.0 Å². The number of hydrogen-bond donors (Lipinski definition) is 3. The van der Waals surface area contributed by atoms with Crippen LogP contribution in [0, 0.1) is 0 Å². The Morgan fingerprint density at radius 1 is 1.38 bits per heavy atom. The second kappa shape index (κ2) is 6.25. The summed E-state index contributed by atoms with van der Waals surface area (Å²) in [7, 11) is 0. The highest BCUT2D eigenvalue weighted by Crippen LogP contribution is 2.25. The fraction of sp³-hybridized carbons (Fsp3) is 0.417. The molecule has 0 spiro atoms. The minimum absolute atomic E-state index is 0.000972. The van der Waals surface area contributed by atoms with Crippen molar-refractivity contribution in [3.8, 4) is 0 Å². The maximum absolute atomic E-state index is 10.00. The first-order valence-electron chi connectivity index (χ1n) is 5.31. The second-order valence-corrected chi connectivity index (χ2v) is 3.76. The molecule has 1 aliphatic carbocycles. The maximum atomic E-state index is 10.00. The predicted octanol–water partition coefficient (Wildman–Crippen LogP) is 0.762. The molecule has 1 atom stereocenters. The standard InChI is InChI=1S/C7H6.C5H11NO3/c1-2-4-7-5-6(7)3-1;6-4(5(8)9)2-1-3-7/h1-4H,5H2;4,7H,1-3,6H2,(H,8,9). The molecule has 0 saturated heterocycles. The van der Waals surface area contributed by atoms with Crippen LogP contribution < -0.4 is 5.73 Å². The maximum Gasteiger partial charge on any atom is 0.320 e. The van der Waals surface area contributed by atoms with Crippen LogP contribution in [-0.4, -0.2) is 28.8 Å². The smallest absolute Gasteiger partial charge is 0.320 e. The number of rotatable bonds is 4. The summed E-state index contributed by atoms with van der Waals surface area (Å²) in [6, 6.07) is 7.71. The first kappa shape index (κ1) is 12.7. The number of hydrogen-bond acceptors (Lipinski definition) is 3. The molecule has 16 heavy (non-hydrogen) atoms. The largest absolute Gasteiger partial charge is 0.480 e. The van der Waals surface area contributed by atoms with Crippen molar-refractivity contribution in [2.45, 2.75) is 25.3 Å². The van der Waals surface area contributed by atoms with Crippen molar-refractivity contribution in [2.75, 3.05) is 6.61 Å². The quantitative estimate of drug-likeness (QED) is 0.714. The van der Waals surface area contributed by atoms with Crippen LogP contribution in [0.4, 0.5) is 0 Å². The normalized spacial score (nSPS) is 13.1. The van der Waals surface area contributed by atoms with Crippen molar-refractivity contribution >= 4 is 5.97 Å². The van der Waals surface area contributed by atoms with Gasteiger partial charge in [0, 0.05) is 6.61 Å². The van der Waals surface area contributed by atoms with Gasteiger partial charge in [-0.25, -0.2) is 0 Å². The summed E-state index contributed by atoms with van der Waals surface area (Å²) in [4.78, 5) is 10.00. The Kier molecular flexibility index (Phi) is 4.95. The number of carboxylic acid groups (broad SMARTS) is 1. The number of aliphatic hydroxyl groups is 1. The van der Waals surface area contributed by atoms with Crippen LogP contribution in [0.1, 0.15) is 24.0 Å². The van der Waals surface area contributed by atoms with E-state index in [0.29, 0.717) is 12.8 Å². The number of carbonyl (C=O) groups is 1. The molecule has 0 amide bonds.